The van der Waals surface area contributed by atoms with Crippen molar-refractivity contribution in [2.45, 2.75) is 0 Å². The van der Waals surface area contributed by atoms with Crippen LogP contribution in [0.1, 0.15) is 16.1 Å². The molecule has 82 valence electrons. The number of hydrogen-bond donors (Lipinski definition) is 1. The number of nitrogens with zero attached hydrogens (tertiary/aromatic N) is 2. The summed E-state index contributed by atoms with van der Waals surface area (Å²) in [5.74, 6) is 0. The minimum Gasteiger partial charge on any atom is -0.318 e. The van der Waals surface area contributed by atoms with Gasteiger partial charge in [-0.25, -0.2) is 0 Å². The quantitative estimate of drug-likeness (QED) is 0.776. The second-order valence-corrected chi connectivity index (χ2v) is 3.31. The largest absolute Gasteiger partial charge is 0.318 e. The second kappa shape index (κ2) is 4.41. The van der Waals surface area contributed by atoms with Crippen LogP contribution in [0.5, 0.6) is 0 Å². The number of H-pyrrole nitrogens is 1. The summed E-state index contributed by atoms with van der Waals surface area (Å²) in [5, 5.41) is 8.78. The number of nitriles is 1. The first-order chi connectivity index (χ1) is 8.26. The molecular formula is C12H7N3O2. The van der Waals surface area contributed by atoms with Crippen LogP contribution in [0.15, 0.2) is 35.4 Å². The molecule has 0 saturated heterocycles. The first kappa shape index (κ1) is 10.8. The normalized spacial score (nSPS) is 9.59. The third-order valence-corrected chi connectivity index (χ3v) is 2.30. The highest BCUT2D eigenvalue weighted by molar-refractivity contribution is 5.85. The number of aldehydes is 1. The summed E-state index contributed by atoms with van der Waals surface area (Å²) in [7, 11) is 0. The monoisotopic (exact) mass is 225 g/mol. The van der Waals surface area contributed by atoms with E-state index in [0.29, 0.717) is 11.8 Å². The van der Waals surface area contributed by atoms with Crippen molar-refractivity contribution in [2.24, 2.45) is 0 Å². The Kier molecular flexibility index (Phi) is 2.79. The molecule has 0 amide bonds. The SMILES string of the molecule is N#Cc1cc(-c2ccncc2)c(C=O)[nH]c1=O. The van der Waals surface area contributed by atoms with Gasteiger partial charge in [0.05, 0.1) is 5.69 Å². The molecular weight excluding hydrogens is 218 g/mol. The van der Waals surface area contributed by atoms with Crippen LogP contribution >= 0.6 is 0 Å². The molecule has 0 radical (unpaired) electrons. The zero-order chi connectivity index (χ0) is 12.3. The predicted octanol–water partition coefficient (Wildman–Crippen LogP) is 1.12. The molecule has 2 aromatic rings. The lowest BCUT2D eigenvalue weighted by molar-refractivity contribution is 0.111. The van der Waals surface area contributed by atoms with Crippen molar-refractivity contribution in [3.8, 4) is 17.2 Å². The Morgan fingerprint density at radius 2 is 2.06 bits per heavy atom. The summed E-state index contributed by atoms with van der Waals surface area (Å²) in [6.07, 6.45) is 3.69. The van der Waals surface area contributed by atoms with Gasteiger partial charge in [0.25, 0.3) is 5.56 Å². The number of nitrogens with one attached hydrogen (secondary N) is 1. The predicted molar refractivity (Wildman–Crippen MR) is 60.4 cm³/mol. The minimum atomic E-state index is -0.563. The average Bonchev–Trinajstić information content (AvgIpc) is 2.39. The topological polar surface area (TPSA) is 86.6 Å². The van der Waals surface area contributed by atoms with E-state index in [1.807, 2.05) is 0 Å². The summed E-state index contributed by atoms with van der Waals surface area (Å²) >= 11 is 0. The highest BCUT2D eigenvalue weighted by atomic mass is 16.1. The number of carbonyl (C=O) groups excluding carboxylic acids is 1. The second-order valence-electron chi connectivity index (χ2n) is 3.31. The Morgan fingerprint density at radius 3 is 2.65 bits per heavy atom. The summed E-state index contributed by atoms with van der Waals surface area (Å²) in [5.41, 5.74) is 0.795. The first-order valence-corrected chi connectivity index (χ1v) is 4.79. The summed E-state index contributed by atoms with van der Waals surface area (Å²) in [6.45, 7) is 0. The third kappa shape index (κ3) is 1.96. The van der Waals surface area contributed by atoms with Crippen LogP contribution in [0.3, 0.4) is 0 Å². The molecule has 2 aromatic heterocycles. The van der Waals surface area contributed by atoms with Crippen LogP contribution < -0.4 is 5.56 Å². The highest BCUT2D eigenvalue weighted by Crippen LogP contribution is 2.20. The van der Waals surface area contributed by atoms with Gasteiger partial charge < -0.3 is 4.98 Å². The molecule has 5 nitrogen and oxygen atoms in total. The van der Waals surface area contributed by atoms with Crippen LogP contribution in [0, 0.1) is 11.3 Å². The molecule has 5 heteroatoms. The van der Waals surface area contributed by atoms with E-state index in [-0.39, 0.29) is 11.3 Å². The smallest absolute Gasteiger partial charge is 0.266 e. The Hall–Kier alpha value is -2.74. The van der Waals surface area contributed by atoms with Crippen molar-refractivity contribution in [1.82, 2.24) is 9.97 Å². The number of aromatic nitrogens is 2. The molecule has 0 bridgehead atoms. The number of pyridine rings is 2. The molecule has 0 unspecified atom stereocenters. The summed E-state index contributed by atoms with van der Waals surface area (Å²) in [4.78, 5) is 28.5. The van der Waals surface area contributed by atoms with Crippen molar-refractivity contribution in [1.29, 1.82) is 5.26 Å². The standard InChI is InChI=1S/C12H7N3O2/c13-6-9-5-10(8-1-3-14-4-2-8)11(7-16)15-12(9)17/h1-5,7H,(H,15,17). The average molecular weight is 225 g/mol. The maximum absolute atomic E-state index is 11.4. The van der Waals surface area contributed by atoms with Crippen LogP contribution in [-0.4, -0.2) is 16.3 Å². The van der Waals surface area contributed by atoms with E-state index in [1.54, 1.807) is 30.6 Å². The molecule has 0 spiro atoms. The van der Waals surface area contributed by atoms with E-state index in [0.717, 1.165) is 5.56 Å². The third-order valence-electron chi connectivity index (χ3n) is 2.30. The van der Waals surface area contributed by atoms with Crippen LogP contribution in [0.25, 0.3) is 11.1 Å². The number of rotatable bonds is 2. The first-order valence-electron chi connectivity index (χ1n) is 4.79. The Morgan fingerprint density at radius 1 is 1.35 bits per heavy atom. The van der Waals surface area contributed by atoms with Gasteiger partial charge in [0, 0.05) is 18.0 Å². The van der Waals surface area contributed by atoms with Crippen molar-refractivity contribution in [2.75, 3.05) is 0 Å². The van der Waals surface area contributed by atoms with Crippen LogP contribution in [0.2, 0.25) is 0 Å². The fraction of sp³-hybridized carbons (Fsp3) is 0. The van der Waals surface area contributed by atoms with Gasteiger partial charge in [0.2, 0.25) is 0 Å². The van der Waals surface area contributed by atoms with Crippen molar-refractivity contribution < 1.29 is 4.79 Å². The molecule has 0 atom stereocenters. The van der Waals surface area contributed by atoms with Gasteiger partial charge in [-0.1, -0.05) is 0 Å². The van der Waals surface area contributed by atoms with Crippen molar-refractivity contribution in [3.63, 3.8) is 0 Å². The summed E-state index contributed by atoms with van der Waals surface area (Å²) < 4.78 is 0. The van der Waals surface area contributed by atoms with Gasteiger partial charge in [-0.15, -0.1) is 0 Å². The minimum absolute atomic E-state index is 0.0255. The fourth-order valence-electron chi connectivity index (χ4n) is 1.49. The number of carbonyl (C=O) groups is 1. The molecule has 2 rings (SSSR count). The number of aromatic amines is 1. The molecule has 0 aliphatic rings. The lowest BCUT2D eigenvalue weighted by Crippen LogP contribution is -2.13. The van der Waals surface area contributed by atoms with E-state index in [4.69, 9.17) is 5.26 Å². The van der Waals surface area contributed by atoms with E-state index < -0.39 is 5.56 Å². The Bertz CT molecular complexity index is 654. The van der Waals surface area contributed by atoms with Gasteiger partial charge in [0.1, 0.15) is 11.6 Å². The van der Waals surface area contributed by atoms with Gasteiger partial charge in [-0.05, 0) is 23.8 Å². The van der Waals surface area contributed by atoms with Crippen LogP contribution in [0.4, 0.5) is 0 Å². The Labute approximate surface area is 96.4 Å². The maximum atomic E-state index is 11.4. The number of hydrogen-bond acceptors (Lipinski definition) is 4. The lowest BCUT2D eigenvalue weighted by atomic mass is 10.0. The summed E-state index contributed by atoms with van der Waals surface area (Å²) in [6, 6.07) is 6.57. The van der Waals surface area contributed by atoms with E-state index >= 15 is 0 Å². The maximum Gasteiger partial charge on any atom is 0.266 e. The molecule has 0 aliphatic heterocycles. The molecule has 0 saturated carbocycles. The van der Waals surface area contributed by atoms with Crippen LogP contribution in [-0.2, 0) is 0 Å². The fourth-order valence-corrected chi connectivity index (χ4v) is 1.49. The molecule has 0 aromatic carbocycles. The van der Waals surface area contributed by atoms with E-state index in [9.17, 15) is 9.59 Å². The van der Waals surface area contributed by atoms with Crippen molar-refractivity contribution in [3.05, 3.63) is 52.2 Å². The van der Waals surface area contributed by atoms with Gasteiger partial charge in [-0.2, -0.15) is 5.26 Å². The zero-order valence-electron chi connectivity index (χ0n) is 8.68. The Balaban J connectivity index is 2.73. The van der Waals surface area contributed by atoms with Gasteiger partial charge >= 0.3 is 0 Å². The molecule has 0 fully saturated rings. The zero-order valence-corrected chi connectivity index (χ0v) is 8.68. The molecule has 2 heterocycles. The van der Waals surface area contributed by atoms with Crippen molar-refractivity contribution >= 4 is 6.29 Å². The van der Waals surface area contributed by atoms with Gasteiger partial charge in [-0.3, -0.25) is 14.6 Å². The van der Waals surface area contributed by atoms with E-state index in [2.05, 4.69) is 9.97 Å². The molecule has 17 heavy (non-hydrogen) atoms. The lowest BCUT2D eigenvalue weighted by Gasteiger charge is -2.04. The van der Waals surface area contributed by atoms with Gasteiger partial charge in [0.15, 0.2) is 6.29 Å². The van der Waals surface area contributed by atoms with E-state index in [1.165, 1.54) is 6.07 Å². The molecule has 1 N–H and O–H groups in total. The highest BCUT2D eigenvalue weighted by Gasteiger charge is 2.09. The molecule has 0 aliphatic carbocycles.